The molecule has 0 atom stereocenters. The molecule has 0 saturated heterocycles. The maximum atomic E-state index is 11.4. The van der Waals surface area contributed by atoms with E-state index in [2.05, 4.69) is 17.6 Å². The molecule has 0 radical (unpaired) electrons. The molecule has 6 heteroatoms. The van der Waals surface area contributed by atoms with Crippen molar-refractivity contribution in [3.63, 3.8) is 0 Å². The molecular weight excluding hydrogens is 246 g/mol. The molecule has 19 heavy (non-hydrogen) atoms. The molecule has 0 bridgehead atoms. The minimum Gasteiger partial charge on any atom is -0.368 e. The Hall–Kier alpha value is -1.59. The molecule has 0 aromatic heterocycles. The van der Waals surface area contributed by atoms with Gasteiger partial charge in [-0.3, -0.25) is 14.4 Å². The van der Waals surface area contributed by atoms with Crippen molar-refractivity contribution in [2.45, 2.75) is 51.9 Å². The van der Waals surface area contributed by atoms with Crippen LogP contribution in [0.15, 0.2) is 0 Å². The topological polar surface area (TPSA) is 101 Å². The van der Waals surface area contributed by atoms with Crippen molar-refractivity contribution < 1.29 is 14.4 Å². The summed E-state index contributed by atoms with van der Waals surface area (Å²) in [7, 11) is 0. The van der Waals surface area contributed by atoms with Crippen LogP contribution in [0.3, 0.4) is 0 Å². The summed E-state index contributed by atoms with van der Waals surface area (Å²) in [5.41, 5.74) is 4.88. The number of nitrogens with one attached hydrogen (secondary N) is 2. The van der Waals surface area contributed by atoms with Gasteiger partial charge in [0.1, 0.15) is 0 Å². The van der Waals surface area contributed by atoms with Crippen LogP contribution in [0.5, 0.6) is 0 Å². The second kappa shape index (κ2) is 11.5. The summed E-state index contributed by atoms with van der Waals surface area (Å²) in [6, 6.07) is 0. The second-order valence-corrected chi connectivity index (χ2v) is 4.51. The number of carbonyl (C=O) groups excluding carboxylic acids is 3. The molecule has 0 aliphatic rings. The Morgan fingerprint density at radius 1 is 0.895 bits per heavy atom. The molecule has 0 aromatic rings. The summed E-state index contributed by atoms with van der Waals surface area (Å²) in [5, 5.41) is 5.10. The van der Waals surface area contributed by atoms with Crippen molar-refractivity contribution in [2.24, 2.45) is 5.73 Å². The van der Waals surface area contributed by atoms with Crippen molar-refractivity contribution in [3.05, 3.63) is 0 Å². The van der Waals surface area contributed by atoms with E-state index in [1.165, 1.54) is 19.3 Å². The first-order valence-corrected chi connectivity index (χ1v) is 6.88. The van der Waals surface area contributed by atoms with E-state index in [1.54, 1.807) is 0 Å². The molecule has 6 nitrogen and oxygen atoms in total. The fourth-order valence-corrected chi connectivity index (χ4v) is 1.55. The van der Waals surface area contributed by atoms with Crippen molar-refractivity contribution >= 4 is 17.7 Å². The van der Waals surface area contributed by atoms with E-state index >= 15 is 0 Å². The van der Waals surface area contributed by atoms with E-state index in [-0.39, 0.29) is 31.2 Å². The van der Waals surface area contributed by atoms with Crippen LogP contribution in [-0.4, -0.2) is 30.8 Å². The number of primary amides is 1. The van der Waals surface area contributed by atoms with Crippen LogP contribution in [0.4, 0.5) is 0 Å². The summed E-state index contributed by atoms with van der Waals surface area (Å²) in [5.74, 6) is -1.06. The normalized spacial score (nSPS) is 9.95. The highest BCUT2D eigenvalue weighted by Crippen LogP contribution is 2.01. The van der Waals surface area contributed by atoms with Crippen LogP contribution in [0.2, 0.25) is 0 Å². The zero-order chi connectivity index (χ0) is 14.5. The predicted molar refractivity (Wildman–Crippen MR) is 73.2 cm³/mol. The number of carbonyl (C=O) groups is 3. The third-order valence-electron chi connectivity index (χ3n) is 2.64. The SMILES string of the molecule is CCCCCCCNC(=O)CCC(=O)NCC(N)=O. The van der Waals surface area contributed by atoms with Gasteiger partial charge in [-0.15, -0.1) is 0 Å². The summed E-state index contributed by atoms with van der Waals surface area (Å²) < 4.78 is 0. The van der Waals surface area contributed by atoms with Gasteiger partial charge in [0.05, 0.1) is 6.54 Å². The highest BCUT2D eigenvalue weighted by Gasteiger charge is 2.06. The summed E-state index contributed by atoms with van der Waals surface area (Å²) in [6.07, 6.45) is 5.93. The van der Waals surface area contributed by atoms with Gasteiger partial charge in [-0.05, 0) is 6.42 Å². The largest absolute Gasteiger partial charge is 0.368 e. The Kier molecular flexibility index (Phi) is 10.5. The van der Waals surface area contributed by atoms with Crippen LogP contribution in [0.1, 0.15) is 51.9 Å². The molecule has 0 spiro atoms. The Labute approximate surface area is 114 Å². The van der Waals surface area contributed by atoms with Gasteiger partial charge in [-0.1, -0.05) is 32.6 Å². The van der Waals surface area contributed by atoms with Crippen LogP contribution < -0.4 is 16.4 Å². The minimum absolute atomic E-state index is 0.0783. The molecule has 0 unspecified atom stereocenters. The number of unbranched alkanes of at least 4 members (excludes halogenated alkanes) is 4. The quantitative estimate of drug-likeness (QED) is 0.476. The lowest BCUT2D eigenvalue weighted by molar-refractivity contribution is -0.127. The maximum Gasteiger partial charge on any atom is 0.236 e. The maximum absolute atomic E-state index is 11.4. The monoisotopic (exact) mass is 271 g/mol. The lowest BCUT2D eigenvalue weighted by atomic mass is 10.1. The Bertz CT molecular complexity index is 293. The second-order valence-electron chi connectivity index (χ2n) is 4.51. The standard InChI is InChI=1S/C13H25N3O3/c1-2-3-4-5-6-9-15-12(18)7-8-13(19)16-10-11(14)17/h2-10H2,1H3,(H2,14,17)(H,15,18)(H,16,19). The molecule has 110 valence electrons. The van der Waals surface area contributed by atoms with Gasteiger partial charge in [0.15, 0.2) is 0 Å². The molecule has 0 fully saturated rings. The van der Waals surface area contributed by atoms with E-state index in [4.69, 9.17) is 5.73 Å². The highest BCUT2D eigenvalue weighted by molar-refractivity contribution is 5.86. The summed E-state index contributed by atoms with van der Waals surface area (Å²) >= 11 is 0. The summed E-state index contributed by atoms with van der Waals surface area (Å²) in [6.45, 7) is 2.63. The van der Waals surface area contributed by atoms with Crippen molar-refractivity contribution in [3.8, 4) is 0 Å². The fourth-order valence-electron chi connectivity index (χ4n) is 1.55. The molecule has 0 heterocycles. The van der Waals surface area contributed by atoms with Crippen molar-refractivity contribution in [2.75, 3.05) is 13.1 Å². The van der Waals surface area contributed by atoms with Crippen molar-refractivity contribution in [1.82, 2.24) is 10.6 Å². The zero-order valence-corrected chi connectivity index (χ0v) is 11.7. The predicted octanol–water partition coefficient (Wildman–Crippen LogP) is 0.455. The number of amides is 3. The first kappa shape index (κ1) is 17.4. The van der Waals surface area contributed by atoms with Crippen LogP contribution in [-0.2, 0) is 14.4 Å². The van der Waals surface area contributed by atoms with Gasteiger partial charge in [-0.2, -0.15) is 0 Å². The highest BCUT2D eigenvalue weighted by atomic mass is 16.2. The first-order valence-electron chi connectivity index (χ1n) is 6.88. The van der Waals surface area contributed by atoms with Crippen molar-refractivity contribution in [1.29, 1.82) is 0 Å². The van der Waals surface area contributed by atoms with Gasteiger partial charge in [0.2, 0.25) is 17.7 Å². The number of hydrogen-bond acceptors (Lipinski definition) is 3. The molecule has 0 saturated carbocycles. The van der Waals surface area contributed by atoms with E-state index in [0.717, 1.165) is 12.8 Å². The van der Waals surface area contributed by atoms with Gasteiger partial charge in [0.25, 0.3) is 0 Å². The molecule has 4 N–H and O–H groups in total. The Balaban J connectivity index is 3.43. The Morgan fingerprint density at radius 3 is 2.05 bits per heavy atom. The zero-order valence-electron chi connectivity index (χ0n) is 11.7. The average molecular weight is 271 g/mol. The summed E-state index contributed by atoms with van der Waals surface area (Å²) in [4.78, 5) is 33.0. The third kappa shape index (κ3) is 12.7. The van der Waals surface area contributed by atoms with Crippen LogP contribution >= 0.6 is 0 Å². The van der Waals surface area contributed by atoms with E-state index in [0.29, 0.717) is 6.54 Å². The van der Waals surface area contributed by atoms with E-state index in [9.17, 15) is 14.4 Å². The van der Waals surface area contributed by atoms with Gasteiger partial charge >= 0.3 is 0 Å². The number of nitrogens with two attached hydrogens (primary N) is 1. The smallest absolute Gasteiger partial charge is 0.236 e. The van der Waals surface area contributed by atoms with E-state index < -0.39 is 5.91 Å². The molecule has 0 rings (SSSR count). The molecular formula is C13H25N3O3. The van der Waals surface area contributed by atoms with Crippen LogP contribution in [0.25, 0.3) is 0 Å². The van der Waals surface area contributed by atoms with Crippen LogP contribution in [0, 0.1) is 0 Å². The minimum atomic E-state index is -0.593. The van der Waals surface area contributed by atoms with Gasteiger partial charge in [0, 0.05) is 19.4 Å². The molecule has 0 aliphatic heterocycles. The third-order valence-corrected chi connectivity index (χ3v) is 2.64. The average Bonchev–Trinajstić information content (AvgIpc) is 2.38. The van der Waals surface area contributed by atoms with Gasteiger partial charge in [-0.25, -0.2) is 0 Å². The molecule has 3 amide bonds. The lowest BCUT2D eigenvalue weighted by Gasteiger charge is -2.05. The number of rotatable bonds is 11. The Morgan fingerprint density at radius 2 is 1.47 bits per heavy atom. The van der Waals surface area contributed by atoms with Gasteiger partial charge < -0.3 is 16.4 Å². The fraction of sp³-hybridized carbons (Fsp3) is 0.769. The first-order chi connectivity index (χ1) is 9.06. The molecule has 0 aromatic carbocycles. The number of hydrogen-bond donors (Lipinski definition) is 3. The lowest BCUT2D eigenvalue weighted by Crippen LogP contribution is -2.34. The molecule has 0 aliphatic carbocycles. The van der Waals surface area contributed by atoms with E-state index in [1.807, 2.05) is 0 Å².